The minimum Gasteiger partial charge on any atom is -0.357 e. The fraction of sp³-hybridized carbons (Fsp3) is 0.308. The minimum absolute atomic E-state index is 0.0597. The Bertz CT molecular complexity index is 704. The van der Waals surface area contributed by atoms with Crippen LogP contribution >= 0.6 is 0 Å². The van der Waals surface area contributed by atoms with Gasteiger partial charge in [-0.15, -0.1) is 5.10 Å². The van der Waals surface area contributed by atoms with Crippen LogP contribution in [0.5, 0.6) is 0 Å². The number of rotatable bonds is 2. The van der Waals surface area contributed by atoms with Gasteiger partial charge in [0.2, 0.25) is 5.82 Å². The van der Waals surface area contributed by atoms with E-state index in [0.29, 0.717) is 0 Å². The summed E-state index contributed by atoms with van der Waals surface area (Å²) in [5.74, 6) is 0.154. The summed E-state index contributed by atoms with van der Waals surface area (Å²) < 4.78 is 0. The van der Waals surface area contributed by atoms with E-state index in [1.807, 2.05) is 12.1 Å². The molecule has 0 amide bonds. The fourth-order valence-corrected chi connectivity index (χ4v) is 2.51. The number of aromatic amines is 2. The molecule has 2 aromatic rings. The van der Waals surface area contributed by atoms with Crippen LogP contribution < -0.4 is 16.6 Å². The molecule has 1 aromatic carbocycles. The summed E-state index contributed by atoms with van der Waals surface area (Å²) >= 11 is 0. The van der Waals surface area contributed by atoms with Crippen LogP contribution in [0.3, 0.4) is 0 Å². The summed E-state index contributed by atoms with van der Waals surface area (Å²) in [4.78, 5) is 24.7. The molecule has 98 valence electrons. The second-order valence-electron chi connectivity index (χ2n) is 4.64. The molecule has 0 saturated heterocycles. The van der Waals surface area contributed by atoms with E-state index in [9.17, 15) is 9.59 Å². The first-order chi connectivity index (χ1) is 9.24. The van der Waals surface area contributed by atoms with Gasteiger partial charge in [-0.2, -0.15) is 0 Å². The average Bonchev–Trinajstić information content (AvgIpc) is 2.42. The zero-order valence-electron chi connectivity index (χ0n) is 10.3. The maximum atomic E-state index is 11.6. The monoisotopic (exact) mass is 258 g/mol. The van der Waals surface area contributed by atoms with Crippen LogP contribution in [-0.4, -0.2) is 15.2 Å². The quantitative estimate of drug-likeness (QED) is 0.748. The van der Waals surface area contributed by atoms with Crippen molar-refractivity contribution in [2.45, 2.75) is 25.3 Å². The Labute approximate surface area is 108 Å². The van der Waals surface area contributed by atoms with E-state index >= 15 is 0 Å². The fourth-order valence-electron chi connectivity index (χ4n) is 2.51. The van der Waals surface area contributed by atoms with Crippen LogP contribution in [0.2, 0.25) is 0 Å². The molecule has 1 aliphatic carbocycles. The molecule has 0 fully saturated rings. The van der Waals surface area contributed by atoms with Crippen molar-refractivity contribution in [3.8, 4) is 0 Å². The highest BCUT2D eigenvalue weighted by atomic mass is 16.2. The van der Waals surface area contributed by atoms with Crippen molar-refractivity contribution in [3.63, 3.8) is 0 Å². The highest BCUT2D eigenvalue weighted by Crippen LogP contribution is 2.31. The van der Waals surface area contributed by atoms with Gasteiger partial charge in [-0.3, -0.25) is 9.78 Å². The van der Waals surface area contributed by atoms with Gasteiger partial charge >= 0.3 is 5.69 Å². The van der Waals surface area contributed by atoms with Gasteiger partial charge in [0, 0.05) is 0 Å². The lowest BCUT2D eigenvalue weighted by atomic mass is 9.88. The Kier molecular flexibility index (Phi) is 2.91. The number of hydrogen-bond acceptors (Lipinski definition) is 4. The van der Waals surface area contributed by atoms with Gasteiger partial charge in [0.1, 0.15) is 0 Å². The van der Waals surface area contributed by atoms with Crippen molar-refractivity contribution in [2.75, 3.05) is 5.32 Å². The highest BCUT2D eigenvalue weighted by Gasteiger charge is 2.20. The van der Waals surface area contributed by atoms with Gasteiger partial charge in [-0.05, 0) is 30.4 Å². The van der Waals surface area contributed by atoms with Gasteiger partial charge < -0.3 is 5.32 Å². The molecule has 1 unspecified atom stereocenters. The number of nitrogens with zero attached hydrogens (tertiary/aromatic N) is 1. The topological polar surface area (TPSA) is 90.6 Å². The minimum atomic E-state index is -0.598. The van der Waals surface area contributed by atoms with Gasteiger partial charge in [-0.1, -0.05) is 24.3 Å². The predicted octanol–water partition coefficient (Wildman–Crippen LogP) is 0.948. The first kappa shape index (κ1) is 11.7. The largest absolute Gasteiger partial charge is 0.357 e. The van der Waals surface area contributed by atoms with Crippen molar-refractivity contribution in [3.05, 3.63) is 56.2 Å². The number of benzene rings is 1. The predicted molar refractivity (Wildman–Crippen MR) is 71.2 cm³/mol. The number of H-pyrrole nitrogens is 2. The lowest BCUT2D eigenvalue weighted by molar-refractivity contribution is 0.596. The SMILES string of the molecule is O=c1[nH]nc(NC2CCCc3ccccc32)c(=O)[nH]1. The summed E-state index contributed by atoms with van der Waals surface area (Å²) in [7, 11) is 0. The summed E-state index contributed by atoms with van der Waals surface area (Å²) in [6.45, 7) is 0. The number of nitrogens with one attached hydrogen (secondary N) is 3. The molecule has 6 nitrogen and oxygen atoms in total. The maximum absolute atomic E-state index is 11.6. The summed E-state index contributed by atoms with van der Waals surface area (Å²) in [6, 6.07) is 8.24. The third kappa shape index (κ3) is 2.29. The van der Waals surface area contributed by atoms with Gasteiger partial charge in [-0.25, -0.2) is 9.89 Å². The normalized spacial score (nSPS) is 17.8. The molecule has 0 aliphatic heterocycles. The van der Waals surface area contributed by atoms with Crippen molar-refractivity contribution < 1.29 is 0 Å². The maximum Gasteiger partial charge on any atom is 0.342 e. The van der Waals surface area contributed by atoms with Crippen molar-refractivity contribution in [2.24, 2.45) is 0 Å². The number of aromatic nitrogens is 3. The summed E-state index contributed by atoms with van der Waals surface area (Å²) in [5, 5.41) is 9.09. The third-order valence-electron chi connectivity index (χ3n) is 3.39. The molecule has 6 heteroatoms. The van der Waals surface area contributed by atoms with E-state index in [1.54, 1.807) is 0 Å². The van der Waals surface area contributed by atoms with Crippen LogP contribution in [0.15, 0.2) is 33.9 Å². The zero-order chi connectivity index (χ0) is 13.2. The van der Waals surface area contributed by atoms with Crippen LogP contribution in [0, 0.1) is 0 Å². The Balaban J connectivity index is 1.93. The molecule has 0 bridgehead atoms. The highest BCUT2D eigenvalue weighted by molar-refractivity contribution is 5.40. The van der Waals surface area contributed by atoms with E-state index in [2.05, 4.69) is 32.6 Å². The lowest BCUT2D eigenvalue weighted by Gasteiger charge is -2.26. The molecule has 0 spiro atoms. The van der Waals surface area contributed by atoms with E-state index in [0.717, 1.165) is 19.3 Å². The number of fused-ring (bicyclic) bond motifs is 1. The molecule has 1 atom stereocenters. The molecule has 19 heavy (non-hydrogen) atoms. The van der Waals surface area contributed by atoms with Gasteiger partial charge in [0.25, 0.3) is 5.56 Å². The first-order valence-corrected chi connectivity index (χ1v) is 6.27. The van der Waals surface area contributed by atoms with Crippen LogP contribution in [0.1, 0.15) is 30.0 Å². The molecule has 1 aliphatic rings. The van der Waals surface area contributed by atoms with Crippen molar-refractivity contribution >= 4 is 5.82 Å². The smallest absolute Gasteiger partial charge is 0.342 e. The van der Waals surface area contributed by atoms with Crippen molar-refractivity contribution in [1.82, 2.24) is 15.2 Å². The molecule has 1 aromatic heterocycles. The van der Waals surface area contributed by atoms with E-state index in [4.69, 9.17) is 0 Å². The standard InChI is InChI=1S/C13H14N4O2/c18-12-11(16-17-13(19)15-12)14-10-7-3-5-8-4-1-2-6-9(8)10/h1-2,4,6,10H,3,5,7H2,(H,14,16)(H2,15,17,18,19). The Morgan fingerprint density at radius 2 is 2.11 bits per heavy atom. The molecule has 1 heterocycles. The molecule has 3 rings (SSSR count). The Morgan fingerprint density at radius 3 is 2.95 bits per heavy atom. The Morgan fingerprint density at radius 1 is 1.26 bits per heavy atom. The van der Waals surface area contributed by atoms with Crippen molar-refractivity contribution in [1.29, 1.82) is 0 Å². The molecule has 3 N–H and O–H groups in total. The third-order valence-corrected chi connectivity index (χ3v) is 3.39. The van der Waals surface area contributed by atoms with E-state index < -0.39 is 11.2 Å². The molecule has 0 saturated carbocycles. The second-order valence-corrected chi connectivity index (χ2v) is 4.64. The second kappa shape index (κ2) is 4.72. The average molecular weight is 258 g/mol. The van der Waals surface area contributed by atoms with Crippen LogP contribution in [0.4, 0.5) is 5.82 Å². The summed E-state index contributed by atoms with van der Waals surface area (Å²) in [5.41, 5.74) is 1.40. The van der Waals surface area contributed by atoms with E-state index in [-0.39, 0.29) is 11.9 Å². The Hall–Kier alpha value is -2.37. The zero-order valence-corrected chi connectivity index (χ0v) is 10.3. The number of hydrogen-bond donors (Lipinski definition) is 3. The molecule has 0 radical (unpaired) electrons. The molecular weight excluding hydrogens is 244 g/mol. The van der Waals surface area contributed by atoms with Gasteiger partial charge in [0.05, 0.1) is 6.04 Å². The number of anilines is 1. The number of aryl methyl sites for hydroxylation is 1. The van der Waals surface area contributed by atoms with Crippen LogP contribution in [0.25, 0.3) is 0 Å². The molecular formula is C13H14N4O2. The lowest BCUT2D eigenvalue weighted by Crippen LogP contribution is -2.29. The van der Waals surface area contributed by atoms with Crippen LogP contribution in [-0.2, 0) is 6.42 Å². The van der Waals surface area contributed by atoms with Gasteiger partial charge in [0.15, 0.2) is 0 Å². The van der Waals surface area contributed by atoms with E-state index in [1.165, 1.54) is 11.1 Å². The first-order valence-electron chi connectivity index (χ1n) is 6.27. The summed E-state index contributed by atoms with van der Waals surface area (Å²) in [6.07, 6.45) is 3.07.